The summed E-state index contributed by atoms with van der Waals surface area (Å²) in [4.78, 5) is 11.4. The van der Waals surface area contributed by atoms with Gasteiger partial charge in [0.2, 0.25) is 0 Å². The van der Waals surface area contributed by atoms with Gasteiger partial charge in [0.1, 0.15) is 11.3 Å². The second-order valence-electron chi connectivity index (χ2n) is 2.77. The van der Waals surface area contributed by atoms with Crippen molar-refractivity contribution in [3.05, 3.63) is 23.7 Å². The lowest BCUT2D eigenvalue weighted by Gasteiger charge is -1.88. The van der Waals surface area contributed by atoms with E-state index < -0.39 is 0 Å². The van der Waals surface area contributed by atoms with Crippen molar-refractivity contribution in [3.63, 3.8) is 0 Å². The topological polar surface area (TPSA) is 67.6 Å². The lowest BCUT2D eigenvalue weighted by atomic mass is 10.3. The largest absolute Gasteiger partial charge is 0.326 e. The van der Waals surface area contributed by atoms with Crippen molar-refractivity contribution in [1.82, 2.24) is 15.0 Å². The second kappa shape index (κ2) is 2.57. The van der Waals surface area contributed by atoms with Gasteiger partial charge in [-0.2, -0.15) is 0 Å². The Balaban J connectivity index is 2.67. The Kier molecular flexibility index (Phi) is 1.55. The zero-order valence-electron chi connectivity index (χ0n) is 6.83. The van der Waals surface area contributed by atoms with Gasteiger partial charge in [-0.1, -0.05) is 0 Å². The summed E-state index contributed by atoms with van der Waals surface area (Å²) in [5.41, 5.74) is 8.23. The maximum absolute atomic E-state index is 5.43. The Morgan fingerprint density at radius 2 is 2.42 bits per heavy atom. The molecule has 4 heteroatoms. The van der Waals surface area contributed by atoms with Crippen LogP contribution in [0.3, 0.4) is 0 Å². The number of imidazole rings is 1. The summed E-state index contributed by atoms with van der Waals surface area (Å²) >= 11 is 0. The molecule has 0 atom stereocenters. The van der Waals surface area contributed by atoms with E-state index in [-0.39, 0.29) is 0 Å². The first-order chi connectivity index (χ1) is 5.79. The SMILES string of the molecule is Cc1cnc2[nH]c(CN)nc2c1. The van der Waals surface area contributed by atoms with Crippen LogP contribution in [0.4, 0.5) is 0 Å². The van der Waals surface area contributed by atoms with E-state index >= 15 is 0 Å². The number of rotatable bonds is 1. The number of H-pyrrole nitrogens is 1. The highest BCUT2D eigenvalue weighted by molar-refractivity contribution is 5.70. The summed E-state index contributed by atoms with van der Waals surface area (Å²) in [6, 6.07) is 1.98. The highest BCUT2D eigenvalue weighted by Crippen LogP contribution is 2.09. The van der Waals surface area contributed by atoms with E-state index in [1.54, 1.807) is 6.20 Å². The molecule has 0 radical (unpaired) electrons. The predicted molar refractivity (Wildman–Crippen MR) is 46.5 cm³/mol. The maximum atomic E-state index is 5.43. The predicted octanol–water partition coefficient (Wildman–Crippen LogP) is 0.725. The van der Waals surface area contributed by atoms with Gasteiger partial charge in [0.15, 0.2) is 5.65 Å². The van der Waals surface area contributed by atoms with Gasteiger partial charge in [-0.05, 0) is 18.6 Å². The molecule has 0 spiro atoms. The molecule has 0 saturated carbocycles. The molecule has 0 aliphatic carbocycles. The van der Waals surface area contributed by atoms with Crippen molar-refractivity contribution >= 4 is 11.2 Å². The van der Waals surface area contributed by atoms with Crippen molar-refractivity contribution < 1.29 is 0 Å². The molecule has 2 heterocycles. The molecule has 4 nitrogen and oxygen atoms in total. The number of nitrogens with two attached hydrogens (primary N) is 1. The standard InChI is InChI=1S/C8H10N4/c1-5-2-6-8(10-4-5)12-7(3-9)11-6/h2,4H,3,9H2,1H3,(H,10,11,12). The highest BCUT2D eigenvalue weighted by atomic mass is 15.0. The quantitative estimate of drug-likeness (QED) is 0.649. The minimum Gasteiger partial charge on any atom is -0.326 e. The Morgan fingerprint density at radius 3 is 3.17 bits per heavy atom. The van der Waals surface area contributed by atoms with E-state index in [0.29, 0.717) is 6.54 Å². The van der Waals surface area contributed by atoms with Crippen LogP contribution in [-0.4, -0.2) is 15.0 Å². The van der Waals surface area contributed by atoms with Gasteiger partial charge in [-0.25, -0.2) is 9.97 Å². The summed E-state index contributed by atoms with van der Waals surface area (Å²) in [6.45, 7) is 2.42. The summed E-state index contributed by atoms with van der Waals surface area (Å²) < 4.78 is 0. The van der Waals surface area contributed by atoms with Crippen LogP contribution >= 0.6 is 0 Å². The molecule has 12 heavy (non-hydrogen) atoms. The van der Waals surface area contributed by atoms with Crippen molar-refractivity contribution in [1.29, 1.82) is 0 Å². The van der Waals surface area contributed by atoms with E-state index in [2.05, 4.69) is 15.0 Å². The van der Waals surface area contributed by atoms with Crippen LogP contribution in [0, 0.1) is 6.92 Å². The number of pyridine rings is 1. The summed E-state index contributed by atoms with van der Waals surface area (Å²) in [7, 11) is 0. The van der Waals surface area contributed by atoms with E-state index in [0.717, 1.165) is 22.6 Å². The van der Waals surface area contributed by atoms with Crippen LogP contribution in [0.15, 0.2) is 12.3 Å². The molecule has 2 aromatic heterocycles. The van der Waals surface area contributed by atoms with E-state index in [1.165, 1.54) is 0 Å². The summed E-state index contributed by atoms with van der Waals surface area (Å²) in [6.07, 6.45) is 1.81. The summed E-state index contributed by atoms with van der Waals surface area (Å²) in [5.74, 6) is 0.781. The minimum absolute atomic E-state index is 0.426. The minimum atomic E-state index is 0.426. The van der Waals surface area contributed by atoms with Gasteiger partial charge in [0, 0.05) is 6.20 Å². The third kappa shape index (κ3) is 1.06. The fourth-order valence-electron chi connectivity index (χ4n) is 1.14. The van der Waals surface area contributed by atoms with Crippen LogP contribution in [0.25, 0.3) is 11.2 Å². The molecular formula is C8H10N4. The third-order valence-electron chi connectivity index (χ3n) is 1.72. The molecular weight excluding hydrogens is 152 g/mol. The third-order valence-corrected chi connectivity index (χ3v) is 1.72. The maximum Gasteiger partial charge on any atom is 0.157 e. The Bertz CT molecular complexity index is 404. The molecule has 0 fully saturated rings. The van der Waals surface area contributed by atoms with Gasteiger partial charge < -0.3 is 10.7 Å². The lowest BCUT2D eigenvalue weighted by molar-refractivity contribution is 0.956. The van der Waals surface area contributed by atoms with Crippen LogP contribution in [0.5, 0.6) is 0 Å². The normalized spacial score (nSPS) is 10.8. The van der Waals surface area contributed by atoms with Crippen molar-refractivity contribution in [2.75, 3.05) is 0 Å². The van der Waals surface area contributed by atoms with Crippen LogP contribution in [0.1, 0.15) is 11.4 Å². The van der Waals surface area contributed by atoms with Gasteiger partial charge in [0.25, 0.3) is 0 Å². The first-order valence-electron chi connectivity index (χ1n) is 3.81. The zero-order chi connectivity index (χ0) is 8.55. The van der Waals surface area contributed by atoms with E-state index in [1.807, 2.05) is 13.0 Å². The first kappa shape index (κ1) is 7.24. The number of hydrogen-bond donors (Lipinski definition) is 2. The summed E-state index contributed by atoms with van der Waals surface area (Å²) in [5, 5.41) is 0. The van der Waals surface area contributed by atoms with Crippen molar-refractivity contribution in [3.8, 4) is 0 Å². The Labute approximate surface area is 69.8 Å². The monoisotopic (exact) mass is 162 g/mol. The molecule has 3 N–H and O–H groups in total. The molecule has 2 aromatic rings. The van der Waals surface area contributed by atoms with Gasteiger partial charge in [0.05, 0.1) is 6.54 Å². The number of hydrogen-bond acceptors (Lipinski definition) is 3. The van der Waals surface area contributed by atoms with Gasteiger partial charge in [-0.15, -0.1) is 0 Å². The Hall–Kier alpha value is -1.42. The fraction of sp³-hybridized carbons (Fsp3) is 0.250. The molecule has 0 unspecified atom stereocenters. The molecule has 0 aromatic carbocycles. The average Bonchev–Trinajstić information content (AvgIpc) is 2.46. The molecule has 0 aliphatic heterocycles. The van der Waals surface area contributed by atoms with Crippen molar-refractivity contribution in [2.45, 2.75) is 13.5 Å². The number of nitrogens with zero attached hydrogens (tertiary/aromatic N) is 2. The molecule has 0 aliphatic rings. The molecule has 0 amide bonds. The van der Waals surface area contributed by atoms with Crippen molar-refractivity contribution in [2.24, 2.45) is 5.73 Å². The fourth-order valence-corrected chi connectivity index (χ4v) is 1.14. The average molecular weight is 162 g/mol. The molecule has 0 saturated heterocycles. The van der Waals surface area contributed by atoms with Gasteiger partial charge in [-0.3, -0.25) is 0 Å². The number of aryl methyl sites for hydroxylation is 1. The van der Waals surface area contributed by atoms with Crippen LogP contribution < -0.4 is 5.73 Å². The number of fused-ring (bicyclic) bond motifs is 1. The highest BCUT2D eigenvalue weighted by Gasteiger charge is 2.00. The lowest BCUT2D eigenvalue weighted by Crippen LogP contribution is -1.97. The Morgan fingerprint density at radius 1 is 1.58 bits per heavy atom. The molecule has 62 valence electrons. The molecule has 0 bridgehead atoms. The number of aromatic nitrogens is 3. The van der Waals surface area contributed by atoms with E-state index in [4.69, 9.17) is 5.73 Å². The van der Waals surface area contributed by atoms with E-state index in [9.17, 15) is 0 Å². The molecule has 2 rings (SSSR count). The first-order valence-corrected chi connectivity index (χ1v) is 3.81. The zero-order valence-corrected chi connectivity index (χ0v) is 6.83. The van der Waals surface area contributed by atoms with Crippen LogP contribution in [0.2, 0.25) is 0 Å². The number of aromatic amines is 1. The number of nitrogens with one attached hydrogen (secondary N) is 1. The smallest absolute Gasteiger partial charge is 0.157 e. The second-order valence-corrected chi connectivity index (χ2v) is 2.77. The van der Waals surface area contributed by atoms with Gasteiger partial charge >= 0.3 is 0 Å². The van der Waals surface area contributed by atoms with Crippen LogP contribution in [-0.2, 0) is 6.54 Å².